The van der Waals surface area contributed by atoms with Crippen molar-refractivity contribution in [1.82, 2.24) is 9.80 Å². The SMILES string of the molecule is CCC1CCCN(C2(CN)CCN3CCCC32)C1. The molecule has 3 rings (SSSR count). The number of fused-ring (bicyclic) bond motifs is 1. The maximum Gasteiger partial charge on any atom is 0.0498 e. The molecule has 3 unspecified atom stereocenters. The van der Waals surface area contributed by atoms with E-state index in [2.05, 4.69) is 16.7 Å². The summed E-state index contributed by atoms with van der Waals surface area (Å²) in [5.74, 6) is 0.914. The van der Waals surface area contributed by atoms with Gasteiger partial charge in [0.05, 0.1) is 0 Å². The Morgan fingerprint density at radius 2 is 2.00 bits per heavy atom. The first-order valence-electron chi connectivity index (χ1n) is 7.99. The fraction of sp³-hybridized carbons (Fsp3) is 1.00. The lowest BCUT2D eigenvalue weighted by atomic mass is 9.83. The average molecular weight is 251 g/mol. The van der Waals surface area contributed by atoms with Crippen LogP contribution in [-0.4, -0.2) is 54.1 Å². The number of piperidine rings is 1. The molecule has 104 valence electrons. The number of likely N-dealkylation sites (tertiary alicyclic amines) is 1. The second kappa shape index (κ2) is 5.10. The zero-order valence-corrected chi connectivity index (χ0v) is 11.9. The van der Waals surface area contributed by atoms with Gasteiger partial charge in [-0.05, 0) is 51.1 Å². The Labute approximate surface area is 112 Å². The van der Waals surface area contributed by atoms with Crippen LogP contribution in [0.1, 0.15) is 45.4 Å². The van der Waals surface area contributed by atoms with Crippen LogP contribution in [0.4, 0.5) is 0 Å². The lowest BCUT2D eigenvalue weighted by Gasteiger charge is -2.48. The maximum atomic E-state index is 6.27. The molecule has 0 aromatic carbocycles. The predicted octanol–water partition coefficient (Wildman–Crippen LogP) is 1.67. The number of hydrogen-bond acceptors (Lipinski definition) is 3. The zero-order valence-electron chi connectivity index (χ0n) is 11.9. The molecule has 3 heteroatoms. The summed E-state index contributed by atoms with van der Waals surface area (Å²) in [5, 5.41) is 0. The Bertz CT molecular complexity index is 293. The van der Waals surface area contributed by atoms with Crippen LogP contribution in [0.5, 0.6) is 0 Å². The normalized spacial score (nSPS) is 42.3. The van der Waals surface area contributed by atoms with Crippen molar-refractivity contribution in [3.05, 3.63) is 0 Å². The Kier molecular flexibility index (Phi) is 3.65. The van der Waals surface area contributed by atoms with Crippen molar-refractivity contribution in [3.63, 3.8) is 0 Å². The lowest BCUT2D eigenvalue weighted by Crippen LogP contribution is -2.62. The molecule has 0 aliphatic carbocycles. The van der Waals surface area contributed by atoms with Crippen LogP contribution in [0.15, 0.2) is 0 Å². The first kappa shape index (κ1) is 12.9. The summed E-state index contributed by atoms with van der Waals surface area (Å²) in [4.78, 5) is 5.50. The molecule has 3 heterocycles. The van der Waals surface area contributed by atoms with Crippen LogP contribution in [0, 0.1) is 5.92 Å². The minimum absolute atomic E-state index is 0.324. The Balaban J connectivity index is 1.78. The molecule has 0 bridgehead atoms. The van der Waals surface area contributed by atoms with Gasteiger partial charge < -0.3 is 5.73 Å². The molecule has 3 fully saturated rings. The number of nitrogens with zero attached hydrogens (tertiary/aromatic N) is 2. The van der Waals surface area contributed by atoms with Gasteiger partial charge in [-0.2, -0.15) is 0 Å². The third-order valence-electron chi connectivity index (χ3n) is 5.90. The van der Waals surface area contributed by atoms with Crippen LogP contribution in [0.25, 0.3) is 0 Å². The van der Waals surface area contributed by atoms with Gasteiger partial charge >= 0.3 is 0 Å². The van der Waals surface area contributed by atoms with Gasteiger partial charge in [-0.1, -0.05) is 13.3 Å². The molecule has 18 heavy (non-hydrogen) atoms. The van der Waals surface area contributed by atoms with Crippen molar-refractivity contribution in [3.8, 4) is 0 Å². The van der Waals surface area contributed by atoms with Crippen LogP contribution >= 0.6 is 0 Å². The molecule has 3 atom stereocenters. The summed E-state index contributed by atoms with van der Waals surface area (Å²) in [7, 11) is 0. The summed E-state index contributed by atoms with van der Waals surface area (Å²) >= 11 is 0. The van der Waals surface area contributed by atoms with E-state index < -0.39 is 0 Å². The molecular weight excluding hydrogens is 222 g/mol. The van der Waals surface area contributed by atoms with Crippen molar-refractivity contribution >= 4 is 0 Å². The van der Waals surface area contributed by atoms with Gasteiger partial charge in [0.15, 0.2) is 0 Å². The quantitative estimate of drug-likeness (QED) is 0.828. The molecule has 0 amide bonds. The van der Waals surface area contributed by atoms with Gasteiger partial charge in [-0.15, -0.1) is 0 Å². The minimum Gasteiger partial charge on any atom is -0.329 e. The highest BCUT2D eigenvalue weighted by Crippen LogP contribution is 2.41. The maximum absolute atomic E-state index is 6.27. The summed E-state index contributed by atoms with van der Waals surface area (Å²) < 4.78 is 0. The Morgan fingerprint density at radius 1 is 1.17 bits per heavy atom. The van der Waals surface area contributed by atoms with Gasteiger partial charge in [0.2, 0.25) is 0 Å². The highest BCUT2D eigenvalue weighted by atomic mass is 15.3. The van der Waals surface area contributed by atoms with Crippen molar-refractivity contribution in [2.45, 2.75) is 57.0 Å². The zero-order chi connectivity index (χ0) is 12.6. The second-order valence-electron chi connectivity index (χ2n) is 6.61. The van der Waals surface area contributed by atoms with Crippen LogP contribution in [-0.2, 0) is 0 Å². The van der Waals surface area contributed by atoms with Crippen molar-refractivity contribution in [2.75, 3.05) is 32.7 Å². The smallest absolute Gasteiger partial charge is 0.0498 e. The molecule has 3 saturated heterocycles. The molecular formula is C15H29N3. The fourth-order valence-electron chi connectivity index (χ4n) is 4.74. The van der Waals surface area contributed by atoms with E-state index in [1.807, 2.05) is 0 Å². The molecule has 3 nitrogen and oxygen atoms in total. The minimum atomic E-state index is 0.324. The van der Waals surface area contributed by atoms with Crippen molar-refractivity contribution in [2.24, 2.45) is 11.7 Å². The molecule has 0 radical (unpaired) electrons. The van der Waals surface area contributed by atoms with Crippen LogP contribution in [0.3, 0.4) is 0 Å². The van der Waals surface area contributed by atoms with Gasteiger partial charge in [0.1, 0.15) is 0 Å². The highest BCUT2D eigenvalue weighted by Gasteiger charge is 2.52. The molecule has 2 N–H and O–H groups in total. The first-order chi connectivity index (χ1) is 8.80. The molecule has 0 saturated carbocycles. The topological polar surface area (TPSA) is 32.5 Å². The van der Waals surface area contributed by atoms with E-state index in [9.17, 15) is 0 Å². The van der Waals surface area contributed by atoms with Gasteiger partial charge in [-0.3, -0.25) is 9.80 Å². The molecule has 0 spiro atoms. The highest BCUT2D eigenvalue weighted by molar-refractivity contribution is 5.10. The average Bonchev–Trinajstić information content (AvgIpc) is 3.01. The monoisotopic (exact) mass is 251 g/mol. The molecule has 0 aromatic rings. The lowest BCUT2D eigenvalue weighted by molar-refractivity contribution is 0.0266. The first-order valence-corrected chi connectivity index (χ1v) is 7.99. The van der Waals surface area contributed by atoms with E-state index in [-0.39, 0.29) is 0 Å². The number of nitrogens with two attached hydrogens (primary N) is 1. The Morgan fingerprint density at radius 3 is 2.78 bits per heavy atom. The standard InChI is InChI=1S/C15H29N3/c1-2-13-5-3-9-18(11-13)15(12-16)7-10-17-8-4-6-14(15)17/h13-14H,2-12,16H2,1H3. The van der Waals surface area contributed by atoms with Gasteiger partial charge in [0, 0.05) is 31.2 Å². The summed E-state index contributed by atoms with van der Waals surface area (Å²) in [6.45, 7) is 8.41. The van der Waals surface area contributed by atoms with Crippen molar-refractivity contribution in [1.29, 1.82) is 0 Å². The Hall–Kier alpha value is -0.120. The number of rotatable bonds is 3. The summed E-state index contributed by atoms with van der Waals surface area (Å²) in [6, 6.07) is 0.762. The van der Waals surface area contributed by atoms with E-state index in [1.165, 1.54) is 64.7 Å². The molecule has 3 aliphatic heterocycles. The third kappa shape index (κ3) is 1.91. The molecule has 3 aliphatic rings. The number of hydrogen-bond donors (Lipinski definition) is 1. The van der Waals surface area contributed by atoms with E-state index in [0.717, 1.165) is 18.5 Å². The van der Waals surface area contributed by atoms with Gasteiger partial charge in [0.25, 0.3) is 0 Å². The third-order valence-corrected chi connectivity index (χ3v) is 5.90. The van der Waals surface area contributed by atoms with E-state index >= 15 is 0 Å². The second-order valence-corrected chi connectivity index (χ2v) is 6.61. The predicted molar refractivity (Wildman–Crippen MR) is 75.6 cm³/mol. The molecule has 0 aromatic heterocycles. The summed E-state index contributed by atoms with van der Waals surface area (Å²) in [5.41, 5.74) is 6.60. The van der Waals surface area contributed by atoms with Crippen LogP contribution < -0.4 is 5.73 Å². The van der Waals surface area contributed by atoms with E-state index in [4.69, 9.17) is 5.73 Å². The van der Waals surface area contributed by atoms with Gasteiger partial charge in [-0.25, -0.2) is 0 Å². The largest absolute Gasteiger partial charge is 0.329 e. The van der Waals surface area contributed by atoms with E-state index in [0.29, 0.717) is 5.54 Å². The van der Waals surface area contributed by atoms with Crippen molar-refractivity contribution < 1.29 is 0 Å². The summed E-state index contributed by atoms with van der Waals surface area (Å²) in [6.07, 6.45) is 8.23. The van der Waals surface area contributed by atoms with Crippen LogP contribution in [0.2, 0.25) is 0 Å². The van der Waals surface area contributed by atoms with E-state index in [1.54, 1.807) is 0 Å². The fourth-order valence-corrected chi connectivity index (χ4v) is 4.74.